The first-order valence-corrected chi connectivity index (χ1v) is 10.6. The average molecular weight is 411 g/mol. The Kier molecular flexibility index (Phi) is 7.15. The second kappa shape index (κ2) is 9.80. The normalized spacial score (nSPS) is 20.2. The maximum absolute atomic E-state index is 6.17. The number of aliphatic imine (C=N–C) groups is 2. The van der Waals surface area contributed by atoms with Crippen LogP contribution in [-0.4, -0.2) is 51.0 Å². The fourth-order valence-corrected chi connectivity index (χ4v) is 3.99. The monoisotopic (exact) mass is 410 g/mol. The summed E-state index contributed by atoms with van der Waals surface area (Å²) in [7, 11) is 2.04. The molecule has 2 aliphatic heterocycles. The maximum atomic E-state index is 6.17. The van der Waals surface area contributed by atoms with Crippen LogP contribution in [0.1, 0.15) is 32.3 Å². The third-order valence-corrected chi connectivity index (χ3v) is 5.68. The van der Waals surface area contributed by atoms with Gasteiger partial charge < -0.3 is 25.6 Å². The van der Waals surface area contributed by atoms with E-state index in [0.717, 1.165) is 43.8 Å². The number of nitrogens with zero attached hydrogens (tertiary/aromatic N) is 3. The van der Waals surface area contributed by atoms with Crippen molar-refractivity contribution in [2.24, 2.45) is 9.98 Å². The minimum Gasteiger partial charge on any atom is -0.488 e. The lowest BCUT2D eigenvalue weighted by molar-refractivity contribution is 0.256. The van der Waals surface area contributed by atoms with Crippen LogP contribution in [0.3, 0.4) is 0 Å². The molecule has 0 aliphatic carbocycles. The molecular weight excluding hydrogens is 376 g/mol. The molecule has 3 rings (SSSR count). The fourth-order valence-electron chi connectivity index (χ4n) is 3.99. The number of ether oxygens (including phenoxy) is 1. The Balaban J connectivity index is 1.81. The molecule has 3 N–H and O–H groups in total. The van der Waals surface area contributed by atoms with Crippen LogP contribution in [0.5, 0.6) is 5.75 Å². The summed E-state index contributed by atoms with van der Waals surface area (Å²) in [6.45, 7) is 17.5. The highest BCUT2D eigenvalue weighted by Crippen LogP contribution is 2.42. The van der Waals surface area contributed by atoms with E-state index in [-0.39, 0.29) is 12.1 Å². The molecule has 162 valence electrons. The molecule has 7 nitrogen and oxygen atoms in total. The van der Waals surface area contributed by atoms with Gasteiger partial charge in [-0.25, -0.2) is 4.99 Å². The van der Waals surface area contributed by atoms with E-state index >= 15 is 0 Å². The molecule has 0 saturated carbocycles. The van der Waals surface area contributed by atoms with Gasteiger partial charge in [0, 0.05) is 42.8 Å². The molecule has 30 heavy (non-hydrogen) atoms. The van der Waals surface area contributed by atoms with Gasteiger partial charge in [-0.1, -0.05) is 12.7 Å². The lowest BCUT2D eigenvalue weighted by atomic mass is 10.0. The first-order chi connectivity index (χ1) is 14.4. The minimum absolute atomic E-state index is 0.0621. The SMILES string of the molecule is C=CC(C)NC(=C)/N=C(\N=C)Nc1ccc(N2CCC(NC)CC2)c2c1OC(C)C2. The number of nitrogens with one attached hydrogen (secondary N) is 3. The molecule has 0 bridgehead atoms. The predicted octanol–water partition coefficient (Wildman–Crippen LogP) is 3.30. The molecule has 0 amide bonds. The van der Waals surface area contributed by atoms with Crippen molar-refractivity contribution in [1.29, 1.82) is 0 Å². The molecule has 2 heterocycles. The number of rotatable bonds is 7. The second-order valence-corrected chi connectivity index (χ2v) is 7.96. The van der Waals surface area contributed by atoms with Crippen LogP contribution in [0.25, 0.3) is 0 Å². The molecule has 0 aromatic heterocycles. The Morgan fingerprint density at radius 1 is 1.33 bits per heavy atom. The third-order valence-electron chi connectivity index (χ3n) is 5.68. The number of anilines is 2. The van der Waals surface area contributed by atoms with Gasteiger partial charge in [-0.3, -0.25) is 0 Å². The summed E-state index contributed by atoms with van der Waals surface area (Å²) >= 11 is 0. The standard InChI is InChI=1S/C23H34N6O/c1-7-15(2)26-17(4)27-23(25-6)28-20-8-9-21(19-14-16(3)30-22(19)20)29-12-10-18(24-5)11-13-29/h7-9,15-16,18,24,26H,1,4,6,10-14H2,2-3,5H3,(H,27,28). The van der Waals surface area contributed by atoms with Gasteiger partial charge in [0.15, 0.2) is 0 Å². The smallest absolute Gasteiger partial charge is 0.228 e. The number of guanidine groups is 1. The quantitative estimate of drug-likeness (QED) is 0.365. The molecule has 2 aliphatic rings. The number of benzene rings is 1. The number of fused-ring (bicyclic) bond motifs is 1. The van der Waals surface area contributed by atoms with Gasteiger partial charge in [-0.15, -0.1) is 6.58 Å². The van der Waals surface area contributed by atoms with Crippen molar-refractivity contribution in [3.8, 4) is 5.75 Å². The highest BCUT2D eigenvalue weighted by atomic mass is 16.5. The molecule has 2 atom stereocenters. The molecule has 1 saturated heterocycles. The summed E-state index contributed by atoms with van der Waals surface area (Å²) in [5, 5.41) is 9.78. The zero-order valence-corrected chi connectivity index (χ0v) is 18.4. The van der Waals surface area contributed by atoms with Crippen LogP contribution >= 0.6 is 0 Å². The van der Waals surface area contributed by atoms with E-state index < -0.39 is 0 Å². The Bertz CT molecular complexity index is 825. The molecule has 0 radical (unpaired) electrons. The van der Waals surface area contributed by atoms with Crippen LogP contribution in [0.4, 0.5) is 11.4 Å². The Hall–Kier alpha value is -2.80. The fraction of sp³-hybridized carbons (Fsp3) is 0.478. The lowest BCUT2D eigenvalue weighted by Gasteiger charge is -2.34. The van der Waals surface area contributed by atoms with E-state index in [1.54, 1.807) is 6.08 Å². The molecule has 1 fully saturated rings. The summed E-state index contributed by atoms with van der Waals surface area (Å²) in [6, 6.07) is 4.88. The first kappa shape index (κ1) is 21.9. The minimum atomic E-state index is 0.0621. The van der Waals surface area contributed by atoms with E-state index in [0.29, 0.717) is 17.8 Å². The van der Waals surface area contributed by atoms with Crippen LogP contribution < -0.4 is 25.6 Å². The summed E-state index contributed by atoms with van der Waals surface area (Å²) in [5.41, 5.74) is 3.36. The van der Waals surface area contributed by atoms with Gasteiger partial charge in [0.1, 0.15) is 17.7 Å². The molecule has 1 aromatic rings. The predicted molar refractivity (Wildman–Crippen MR) is 127 cm³/mol. The summed E-state index contributed by atoms with van der Waals surface area (Å²) in [4.78, 5) is 10.9. The largest absolute Gasteiger partial charge is 0.488 e. The van der Waals surface area contributed by atoms with E-state index in [4.69, 9.17) is 4.74 Å². The third kappa shape index (κ3) is 5.02. The van der Waals surface area contributed by atoms with Crippen LogP contribution in [0.15, 0.2) is 47.2 Å². The average Bonchev–Trinajstić information content (AvgIpc) is 3.15. The van der Waals surface area contributed by atoms with Crippen LogP contribution in [0, 0.1) is 0 Å². The van der Waals surface area contributed by atoms with E-state index in [9.17, 15) is 0 Å². The molecule has 7 heteroatoms. The van der Waals surface area contributed by atoms with Crippen LogP contribution in [-0.2, 0) is 6.42 Å². The lowest BCUT2D eigenvalue weighted by Crippen LogP contribution is -2.41. The topological polar surface area (TPSA) is 73.3 Å². The zero-order chi connectivity index (χ0) is 21.7. The zero-order valence-electron chi connectivity index (χ0n) is 18.4. The summed E-state index contributed by atoms with van der Waals surface area (Å²) in [5.74, 6) is 1.74. The van der Waals surface area contributed by atoms with E-state index in [2.05, 4.69) is 63.7 Å². The number of piperidine rings is 1. The van der Waals surface area contributed by atoms with Crippen molar-refractivity contribution in [2.45, 2.75) is 51.3 Å². The Labute approximate surface area is 180 Å². The molecular formula is C23H34N6O. The van der Waals surface area contributed by atoms with E-state index in [1.165, 1.54) is 11.3 Å². The van der Waals surface area contributed by atoms with Crippen molar-refractivity contribution in [3.05, 3.63) is 42.8 Å². The van der Waals surface area contributed by atoms with Gasteiger partial charge in [0.2, 0.25) is 5.96 Å². The van der Waals surface area contributed by atoms with Gasteiger partial charge in [-0.2, -0.15) is 4.99 Å². The van der Waals surface area contributed by atoms with Crippen molar-refractivity contribution >= 4 is 24.1 Å². The number of hydrogen-bond acceptors (Lipinski definition) is 5. The van der Waals surface area contributed by atoms with E-state index in [1.807, 2.05) is 20.0 Å². The van der Waals surface area contributed by atoms with Gasteiger partial charge in [0.05, 0.1) is 5.69 Å². The van der Waals surface area contributed by atoms with Crippen molar-refractivity contribution in [2.75, 3.05) is 30.4 Å². The number of hydrogen-bond donors (Lipinski definition) is 3. The van der Waals surface area contributed by atoms with Gasteiger partial charge >= 0.3 is 0 Å². The molecule has 1 aromatic carbocycles. The molecule has 0 spiro atoms. The Morgan fingerprint density at radius 2 is 2.07 bits per heavy atom. The highest BCUT2D eigenvalue weighted by molar-refractivity contribution is 5.98. The second-order valence-electron chi connectivity index (χ2n) is 7.96. The van der Waals surface area contributed by atoms with Gasteiger partial charge in [-0.05, 0) is 52.6 Å². The Morgan fingerprint density at radius 3 is 2.70 bits per heavy atom. The highest BCUT2D eigenvalue weighted by Gasteiger charge is 2.29. The van der Waals surface area contributed by atoms with Crippen molar-refractivity contribution in [3.63, 3.8) is 0 Å². The molecule has 2 unspecified atom stereocenters. The van der Waals surface area contributed by atoms with Crippen molar-refractivity contribution in [1.82, 2.24) is 10.6 Å². The first-order valence-electron chi connectivity index (χ1n) is 10.6. The summed E-state index contributed by atoms with van der Waals surface area (Å²) in [6.07, 6.45) is 5.12. The van der Waals surface area contributed by atoms with Crippen molar-refractivity contribution < 1.29 is 4.74 Å². The van der Waals surface area contributed by atoms with Gasteiger partial charge in [0.25, 0.3) is 0 Å². The maximum Gasteiger partial charge on any atom is 0.228 e. The van der Waals surface area contributed by atoms with Crippen LogP contribution in [0.2, 0.25) is 0 Å². The summed E-state index contributed by atoms with van der Waals surface area (Å²) < 4.78 is 6.17.